The zero-order chi connectivity index (χ0) is 20.8. The van der Waals surface area contributed by atoms with Crippen LogP contribution < -0.4 is 15.8 Å². The molecule has 0 aliphatic heterocycles. The molecular formula is C17H18F3N3O4S. The first kappa shape index (κ1) is 21.7. The van der Waals surface area contributed by atoms with Gasteiger partial charge in [0, 0.05) is 12.2 Å². The number of sulfonamides is 1. The number of carbonyl (C=O) groups is 1. The van der Waals surface area contributed by atoms with Gasteiger partial charge in [-0.05, 0) is 35.4 Å². The Hall–Kier alpha value is -2.63. The van der Waals surface area contributed by atoms with E-state index in [1.54, 1.807) is 24.3 Å². The van der Waals surface area contributed by atoms with Gasteiger partial charge in [-0.25, -0.2) is 18.4 Å². The molecule has 0 atom stereocenters. The van der Waals surface area contributed by atoms with Gasteiger partial charge in [0.1, 0.15) is 6.61 Å². The molecule has 4 N–H and O–H groups in total. The van der Waals surface area contributed by atoms with Crippen LogP contribution in [0.2, 0.25) is 0 Å². The van der Waals surface area contributed by atoms with Crippen LogP contribution in [0.3, 0.4) is 0 Å². The monoisotopic (exact) mass is 417 g/mol. The number of urea groups is 1. The second kappa shape index (κ2) is 9.04. The Kier molecular flexibility index (Phi) is 7.00. The molecule has 0 spiro atoms. The van der Waals surface area contributed by atoms with Gasteiger partial charge >= 0.3 is 12.2 Å². The second-order valence-electron chi connectivity index (χ2n) is 5.80. The third-order valence-electron chi connectivity index (χ3n) is 3.45. The minimum atomic E-state index is -4.36. The van der Waals surface area contributed by atoms with Crippen molar-refractivity contribution < 1.29 is 31.1 Å². The lowest BCUT2D eigenvalue weighted by Crippen LogP contribution is -2.28. The summed E-state index contributed by atoms with van der Waals surface area (Å²) < 4.78 is 63.0. The van der Waals surface area contributed by atoms with Crippen molar-refractivity contribution in [3.05, 3.63) is 59.7 Å². The van der Waals surface area contributed by atoms with E-state index in [1.807, 2.05) is 0 Å². The third-order valence-corrected chi connectivity index (χ3v) is 4.38. The maximum Gasteiger partial charge on any atom is 0.411 e. The van der Waals surface area contributed by atoms with Crippen LogP contribution in [0.15, 0.2) is 53.4 Å². The van der Waals surface area contributed by atoms with E-state index in [-0.39, 0.29) is 18.0 Å². The summed E-state index contributed by atoms with van der Waals surface area (Å²) in [4.78, 5) is 11.8. The maximum atomic E-state index is 12.0. The molecule has 2 rings (SSSR count). The molecule has 0 radical (unpaired) electrons. The molecule has 0 bridgehead atoms. The summed E-state index contributed by atoms with van der Waals surface area (Å²) in [5.74, 6) is 0. The molecule has 0 aromatic heterocycles. The fraction of sp³-hybridized carbons (Fsp3) is 0.235. The molecule has 11 heteroatoms. The summed E-state index contributed by atoms with van der Waals surface area (Å²) in [6.45, 7) is -1.29. The van der Waals surface area contributed by atoms with Gasteiger partial charge in [0.05, 0.1) is 11.5 Å². The van der Waals surface area contributed by atoms with Crippen LogP contribution in [0, 0.1) is 0 Å². The summed E-state index contributed by atoms with van der Waals surface area (Å²) in [7, 11) is -3.80. The highest BCUT2D eigenvalue weighted by Crippen LogP contribution is 2.16. The van der Waals surface area contributed by atoms with E-state index in [9.17, 15) is 26.4 Å². The third kappa shape index (κ3) is 7.55. The van der Waals surface area contributed by atoms with Gasteiger partial charge in [0.25, 0.3) is 0 Å². The molecule has 7 nitrogen and oxygen atoms in total. The van der Waals surface area contributed by atoms with Gasteiger partial charge in [0.15, 0.2) is 0 Å². The van der Waals surface area contributed by atoms with E-state index in [0.717, 1.165) is 5.56 Å². The standard InChI is InChI=1S/C17H18F3N3O4S/c18-17(19,20)11-27-10-13-3-1-12(2-4-13)9-22-16(24)23-14-5-7-15(8-6-14)28(21,25)26/h1-8H,9-11H2,(H2,21,25,26)(H2,22,23,24). The first-order valence-corrected chi connectivity index (χ1v) is 9.47. The number of ether oxygens (including phenoxy) is 1. The predicted octanol–water partition coefficient (Wildman–Crippen LogP) is 2.73. The number of halogens is 3. The molecule has 0 aliphatic carbocycles. The topological polar surface area (TPSA) is 111 Å². The highest BCUT2D eigenvalue weighted by Gasteiger charge is 2.27. The molecule has 0 fully saturated rings. The highest BCUT2D eigenvalue weighted by molar-refractivity contribution is 7.89. The number of hydrogen-bond acceptors (Lipinski definition) is 4. The van der Waals surface area contributed by atoms with Gasteiger partial charge in [0.2, 0.25) is 10.0 Å². The summed E-state index contributed by atoms with van der Waals surface area (Å²) >= 11 is 0. The van der Waals surface area contributed by atoms with Gasteiger partial charge in [-0.2, -0.15) is 13.2 Å². The number of nitrogens with one attached hydrogen (secondary N) is 2. The van der Waals surface area contributed by atoms with Crippen molar-refractivity contribution in [3.63, 3.8) is 0 Å². The zero-order valence-corrected chi connectivity index (χ0v) is 15.3. The Morgan fingerprint density at radius 2 is 1.57 bits per heavy atom. The molecule has 0 saturated heterocycles. The predicted molar refractivity (Wildman–Crippen MR) is 95.8 cm³/mol. The van der Waals surface area contributed by atoms with Gasteiger partial charge in [-0.15, -0.1) is 0 Å². The molecule has 0 heterocycles. The van der Waals surface area contributed by atoms with Crippen molar-refractivity contribution in [2.45, 2.75) is 24.2 Å². The lowest BCUT2D eigenvalue weighted by molar-refractivity contribution is -0.176. The lowest BCUT2D eigenvalue weighted by Gasteiger charge is -2.10. The summed E-state index contributed by atoms with van der Waals surface area (Å²) in [6.07, 6.45) is -4.36. The minimum absolute atomic E-state index is 0.0715. The Morgan fingerprint density at radius 3 is 2.11 bits per heavy atom. The number of benzene rings is 2. The number of nitrogens with two attached hydrogens (primary N) is 1. The molecule has 0 unspecified atom stereocenters. The second-order valence-corrected chi connectivity index (χ2v) is 7.36. The summed E-state index contributed by atoms with van der Waals surface area (Å²) in [5.41, 5.74) is 1.69. The summed E-state index contributed by atoms with van der Waals surface area (Å²) in [5, 5.41) is 10.1. The Balaban J connectivity index is 1.79. The Morgan fingerprint density at radius 1 is 1.00 bits per heavy atom. The van der Waals surface area contributed by atoms with Crippen LogP contribution in [0.1, 0.15) is 11.1 Å². The van der Waals surface area contributed by atoms with Crippen LogP contribution in [-0.2, 0) is 27.9 Å². The quantitative estimate of drug-likeness (QED) is 0.643. The summed E-state index contributed by atoms with van der Waals surface area (Å²) in [6, 6.07) is 11.4. The smallest absolute Gasteiger partial charge is 0.367 e. The minimum Gasteiger partial charge on any atom is -0.367 e. The average Bonchev–Trinajstić information content (AvgIpc) is 2.60. The molecule has 0 aliphatic rings. The van der Waals surface area contributed by atoms with Crippen molar-refractivity contribution >= 4 is 21.7 Å². The Labute approximate surface area is 159 Å². The highest BCUT2D eigenvalue weighted by atomic mass is 32.2. The van der Waals surface area contributed by atoms with Crippen LogP contribution in [0.4, 0.5) is 23.7 Å². The average molecular weight is 417 g/mol. The number of anilines is 1. The van der Waals surface area contributed by atoms with Crippen molar-refractivity contribution in [3.8, 4) is 0 Å². The van der Waals surface area contributed by atoms with Crippen LogP contribution in [-0.4, -0.2) is 27.2 Å². The zero-order valence-electron chi connectivity index (χ0n) is 14.5. The molecule has 2 amide bonds. The number of primary sulfonamides is 1. The maximum absolute atomic E-state index is 12.0. The molecule has 0 saturated carbocycles. The van der Waals surface area contributed by atoms with Crippen LogP contribution in [0.25, 0.3) is 0 Å². The van der Waals surface area contributed by atoms with E-state index >= 15 is 0 Å². The number of alkyl halides is 3. The first-order chi connectivity index (χ1) is 13.0. The van der Waals surface area contributed by atoms with Crippen LogP contribution in [0.5, 0.6) is 0 Å². The van der Waals surface area contributed by atoms with E-state index in [1.165, 1.54) is 24.3 Å². The van der Waals surface area contributed by atoms with E-state index < -0.39 is 28.8 Å². The molecule has 2 aromatic rings. The fourth-order valence-electron chi connectivity index (χ4n) is 2.12. The van der Waals surface area contributed by atoms with Gasteiger partial charge in [-0.1, -0.05) is 24.3 Å². The van der Waals surface area contributed by atoms with Gasteiger partial charge < -0.3 is 15.4 Å². The van der Waals surface area contributed by atoms with Crippen molar-refractivity contribution in [1.29, 1.82) is 0 Å². The van der Waals surface area contributed by atoms with E-state index in [0.29, 0.717) is 11.3 Å². The molecular weight excluding hydrogens is 399 g/mol. The van der Waals surface area contributed by atoms with Crippen molar-refractivity contribution in [2.24, 2.45) is 5.14 Å². The molecule has 152 valence electrons. The number of hydrogen-bond donors (Lipinski definition) is 3. The van der Waals surface area contributed by atoms with E-state index in [4.69, 9.17) is 5.14 Å². The first-order valence-electron chi connectivity index (χ1n) is 7.93. The lowest BCUT2D eigenvalue weighted by atomic mass is 10.1. The van der Waals surface area contributed by atoms with Crippen molar-refractivity contribution in [2.75, 3.05) is 11.9 Å². The molecule has 2 aromatic carbocycles. The number of amides is 2. The van der Waals surface area contributed by atoms with E-state index in [2.05, 4.69) is 15.4 Å². The SMILES string of the molecule is NS(=O)(=O)c1ccc(NC(=O)NCc2ccc(COCC(F)(F)F)cc2)cc1. The van der Waals surface area contributed by atoms with Crippen LogP contribution >= 0.6 is 0 Å². The Bertz CT molecular complexity index is 899. The normalized spacial score (nSPS) is 11.9. The van der Waals surface area contributed by atoms with Crippen molar-refractivity contribution in [1.82, 2.24) is 5.32 Å². The fourth-order valence-corrected chi connectivity index (χ4v) is 2.64. The number of carbonyl (C=O) groups excluding carboxylic acids is 1. The largest absolute Gasteiger partial charge is 0.411 e. The number of rotatable bonds is 7. The molecule has 28 heavy (non-hydrogen) atoms. The van der Waals surface area contributed by atoms with Gasteiger partial charge in [-0.3, -0.25) is 0 Å².